The van der Waals surface area contributed by atoms with Gasteiger partial charge in [-0.15, -0.1) is 0 Å². The molecule has 2 aromatic rings. The number of benzene rings is 1. The molecule has 0 fully saturated rings. The Balaban J connectivity index is 2.07. The van der Waals surface area contributed by atoms with Crippen molar-refractivity contribution in [1.29, 1.82) is 0 Å². The standard InChI is InChI=1S/C16H18BrN3O/c1-3-8-18-12-5-7-14(19-10-12)16(21)20-15-9-11(2)4-6-13(15)17/h4-7,9-10,18H,3,8H2,1-2H3,(H,20,21). The highest BCUT2D eigenvalue weighted by Crippen LogP contribution is 2.23. The maximum Gasteiger partial charge on any atom is 0.274 e. The predicted molar refractivity (Wildman–Crippen MR) is 89.8 cm³/mol. The molecule has 0 aliphatic heterocycles. The van der Waals surface area contributed by atoms with E-state index in [2.05, 4.69) is 38.5 Å². The second kappa shape index (κ2) is 7.22. The Morgan fingerprint density at radius 3 is 2.76 bits per heavy atom. The molecule has 0 aliphatic rings. The van der Waals surface area contributed by atoms with Crippen LogP contribution in [0, 0.1) is 6.92 Å². The highest BCUT2D eigenvalue weighted by Gasteiger charge is 2.09. The van der Waals surface area contributed by atoms with Crippen LogP contribution in [0.1, 0.15) is 29.4 Å². The van der Waals surface area contributed by atoms with Gasteiger partial charge in [-0.1, -0.05) is 13.0 Å². The molecule has 0 saturated carbocycles. The molecule has 2 N–H and O–H groups in total. The number of rotatable bonds is 5. The fraction of sp³-hybridized carbons (Fsp3) is 0.250. The van der Waals surface area contributed by atoms with Gasteiger partial charge in [-0.25, -0.2) is 4.98 Å². The zero-order chi connectivity index (χ0) is 15.2. The first-order valence-corrected chi connectivity index (χ1v) is 7.67. The lowest BCUT2D eigenvalue weighted by atomic mass is 10.2. The number of nitrogens with one attached hydrogen (secondary N) is 2. The van der Waals surface area contributed by atoms with Crippen molar-refractivity contribution in [2.75, 3.05) is 17.2 Å². The second-order valence-electron chi connectivity index (χ2n) is 4.80. The van der Waals surface area contributed by atoms with Crippen LogP contribution in [-0.4, -0.2) is 17.4 Å². The molecule has 0 aliphatic carbocycles. The van der Waals surface area contributed by atoms with Gasteiger partial charge in [-0.05, 0) is 59.1 Å². The van der Waals surface area contributed by atoms with Crippen LogP contribution in [-0.2, 0) is 0 Å². The van der Waals surface area contributed by atoms with Crippen LogP contribution >= 0.6 is 15.9 Å². The van der Waals surface area contributed by atoms with Crippen LogP contribution in [0.5, 0.6) is 0 Å². The third kappa shape index (κ3) is 4.29. The lowest BCUT2D eigenvalue weighted by Gasteiger charge is -2.09. The van der Waals surface area contributed by atoms with Gasteiger partial charge in [0.05, 0.1) is 17.6 Å². The fourth-order valence-corrected chi connectivity index (χ4v) is 2.17. The molecule has 0 radical (unpaired) electrons. The van der Waals surface area contributed by atoms with Gasteiger partial charge >= 0.3 is 0 Å². The summed E-state index contributed by atoms with van der Waals surface area (Å²) in [4.78, 5) is 16.4. The van der Waals surface area contributed by atoms with E-state index in [9.17, 15) is 4.79 Å². The summed E-state index contributed by atoms with van der Waals surface area (Å²) in [6.07, 6.45) is 2.72. The molecule has 1 heterocycles. The number of hydrogen-bond donors (Lipinski definition) is 2. The predicted octanol–water partition coefficient (Wildman–Crippen LogP) is 4.23. The molecular formula is C16H18BrN3O. The van der Waals surface area contributed by atoms with Crippen molar-refractivity contribution in [3.63, 3.8) is 0 Å². The van der Waals surface area contributed by atoms with Crippen LogP contribution < -0.4 is 10.6 Å². The third-order valence-corrected chi connectivity index (χ3v) is 3.64. The zero-order valence-electron chi connectivity index (χ0n) is 12.1. The highest BCUT2D eigenvalue weighted by atomic mass is 79.9. The van der Waals surface area contributed by atoms with Crippen molar-refractivity contribution in [1.82, 2.24) is 4.98 Å². The largest absolute Gasteiger partial charge is 0.384 e. The summed E-state index contributed by atoms with van der Waals surface area (Å²) in [6, 6.07) is 9.39. The quantitative estimate of drug-likeness (QED) is 0.850. The number of carbonyl (C=O) groups is 1. The molecular weight excluding hydrogens is 330 g/mol. The summed E-state index contributed by atoms with van der Waals surface area (Å²) in [5, 5.41) is 6.09. The van der Waals surface area contributed by atoms with E-state index in [-0.39, 0.29) is 5.91 Å². The number of aromatic nitrogens is 1. The first-order chi connectivity index (χ1) is 10.1. The summed E-state index contributed by atoms with van der Waals surface area (Å²) in [5.41, 5.74) is 3.14. The number of aryl methyl sites for hydroxylation is 1. The van der Waals surface area contributed by atoms with Crippen molar-refractivity contribution in [2.45, 2.75) is 20.3 Å². The minimum atomic E-state index is -0.219. The number of hydrogen-bond acceptors (Lipinski definition) is 3. The van der Waals surface area contributed by atoms with E-state index in [0.717, 1.165) is 34.4 Å². The number of nitrogens with zero attached hydrogens (tertiary/aromatic N) is 1. The fourth-order valence-electron chi connectivity index (χ4n) is 1.82. The molecule has 1 amide bonds. The number of carbonyl (C=O) groups excluding carboxylic acids is 1. The molecule has 0 atom stereocenters. The molecule has 4 nitrogen and oxygen atoms in total. The molecule has 0 bridgehead atoms. The monoisotopic (exact) mass is 347 g/mol. The van der Waals surface area contributed by atoms with Crippen LogP contribution in [0.3, 0.4) is 0 Å². The zero-order valence-corrected chi connectivity index (χ0v) is 13.7. The molecule has 21 heavy (non-hydrogen) atoms. The van der Waals surface area contributed by atoms with Gasteiger partial charge in [0.1, 0.15) is 5.69 Å². The van der Waals surface area contributed by atoms with Gasteiger partial charge < -0.3 is 10.6 Å². The minimum Gasteiger partial charge on any atom is -0.384 e. The second-order valence-corrected chi connectivity index (χ2v) is 5.65. The van der Waals surface area contributed by atoms with Crippen molar-refractivity contribution < 1.29 is 4.79 Å². The van der Waals surface area contributed by atoms with Crippen molar-refractivity contribution in [3.8, 4) is 0 Å². The number of pyridine rings is 1. The van der Waals surface area contributed by atoms with Gasteiger partial charge in [0.25, 0.3) is 5.91 Å². The van der Waals surface area contributed by atoms with E-state index in [4.69, 9.17) is 0 Å². The van der Waals surface area contributed by atoms with Crippen molar-refractivity contribution in [2.24, 2.45) is 0 Å². The van der Waals surface area contributed by atoms with Crippen LogP contribution in [0.2, 0.25) is 0 Å². The number of halogens is 1. The topological polar surface area (TPSA) is 54.0 Å². The van der Waals surface area contributed by atoms with Crippen LogP contribution in [0.25, 0.3) is 0 Å². The molecule has 1 aromatic heterocycles. The lowest BCUT2D eigenvalue weighted by Crippen LogP contribution is -2.14. The number of amides is 1. The summed E-state index contributed by atoms with van der Waals surface area (Å²) in [5.74, 6) is -0.219. The third-order valence-electron chi connectivity index (χ3n) is 2.95. The molecule has 1 aromatic carbocycles. The normalized spacial score (nSPS) is 10.2. The maximum atomic E-state index is 12.2. The van der Waals surface area contributed by atoms with Gasteiger partial charge in [-0.3, -0.25) is 4.79 Å². The molecule has 2 rings (SSSR count). The van der Waals surface area contributed by atoms with Gasteiger partial charge in [-0.2, -0.15) is 0 Å². The first kappa shape index (κ1) is 15.5. The Morgan fingerprint density at radius 1 is 1.29 bits per heavy atom. The van der Waals surface area contributed by atoms with E-state index in [0.29, 0.717) is 5.69 Å². The van der Waals surface area contributed by atoms with Crippen LogP contribution in [0.4, 0.5) is 11.4 Å². The Hall–Kier alpha value is -1.88. The van der Waals surface area contributed by atoms with Gasteiger partial charge in [0, 0.05) is 11.0 Å². The SMILES string of the molecule is CCCNc1ccc(C(=O)Nc2cc(C)ccc2Br)nc1. The van der Waals surface area contributed by atoms with E-state index in [1.165, 1.54) is 0 Å². The maximum absolute atomic E-state index is 12.2. The average Bonchev–Trinajstić information content (AvgIpc) is 2.49. The summed E-state index contributed by atoms with van der Waals surface area (Å²) < 4.78 is 0.850. The first-order valence-electron chi connectivity index (χ1n) is 6.87. The van der Waals surface area contributed by atoms with Gasteiger partial charge in [0.2, 0.25) is 0 Å². The molecule has 0 saturated heterocycles. The average molecular weight is 348 g/mol. The molecule has 0 unspecified atom stereocenters. The van der Waals surface area contributed by atoms with Crippen molar-refractivity contribution in [3.05, 3.63) is 52.3 Å². The Bertz CT molecular complexity index is 626. The van der Waals surface area contributed by atoms with E-state index in [1.807, 2.05) is 31.2 Å². The minimum absolute atomic E-state index is 0.219. The summed E-state index contributed by atoms with van der Waals surface area (Å²) >= 11 is 3.43. The van der Waals surface area contributed by atoms with E-state index >= 15 is 0 Å². The van der Waals surface area contributed by atoms with E-state index in [1.54, 1.807) is 12.3 Å². The summed E-state index contributed by atoms with van der Waals surface area (Å²) in [7, 11) is 0. The molecule has 110 valence electrons. The smallest absolute Gasteiger partial charge is 0.274 e. The lowest BCUT2D eigenvalue weighted by molar-refractivity contribution is 0.102. The van der Waals surface area contributed by atoms with Crippen LogP contribution in [0.15, 0.2) is 41.0 Å². The highest BCUT2D eigenvalue weighted by molar-refractivity contribution is 9.10. The molecule has 5 heteroatoms. The Morgan fingerprint density at radius 2 is 2.10 bits per heavy atom. The molecule has 0 spiro atoms. The Kier molecular flexibility index (Phi) is 5.33. The number of anilines is 2. The van der Waals surface area contributed by atoms with Crippen molar-refractivity contribution >= 4 is 33.2 Å². The van der Waals surface area contributed by atoms with Gasteiger partial charge in [0.15, 0.2) is 0 Å². The van der Waals surface area contributed by atoms with E-state index < -0.39 is 0 Å². The Labute approximate surface area is 133 Å². The summed E-state index contributed by atoms with van der Waals surface area (Å²) in [6.45, 7) is 4.97.